The maximum atomic E-state index is 6.44. The SMILES string of the molecule is CC1=CC[C@@H]2CO[C@H](C3CCC[NH+](CC4CCCCC4)C3)[C@@H]1C2. The van der Waals surface area contributed by atoms with E-state index in [4.69, 9.17) is 4.74 Å². The van der Waals surface area contributed by atoms with Gasteiger partial charge in [0, 0.05) is 17.8 Å². The molecule has 4 rings (SSSR count). The molecule has 2 unspecified atom stereocenters. The van der Waals surface area contributed by atoms with Crippen LogP contribution in [-0.4, -0.2) is 32.3 Å². The molecule has 3 fully saturated rings. The Hall–Kier alpha value is -0.340. The molecule has 2 bridgehead atoms. The Labute approximate surface area is 142 Å². The zero-order valence-corrected chi connectivity index (χ0v) is 15.1. The van der Waals surface area contributed by atoms with Crippen LogP contribution in [0.1, 0.15) is 64.7 Å². The number of allylic oxidation sites excluding steroid dienone is 1. The average molecular weight is 319 g/mol. The van der Waals surface area contributed by atoms with E-state index in [1.54, 1.807) is 5.57 Å². The molecule has 0 aromatic rings. The molecule has 5 atom stereocenters. The first kappa shape index (κ1) is 16.1. The van der Waals surface area contributed by atoms with E-state index in [-0.39, 0.29) is 0 Å². The van der Waals surface area contributed by atoms with E-state index in [2.05, 4.69) is 13.0 Å². The Balaban J connectivity index is 1.36. The van der Waals surface area contributed by atoms with Crippen molar-refractivity contribution < 1.29 is 9.64 Å². The second kappa shape index (κ2) is 7.27. The number of quaternary nitrogens is 1. The van der Waals surface area contributed by atoms with E-state index >= 15 is 0 Å². The fourth-order valence-corrected chi connectivity index (χ4v) is 5.96. The summed E-state index contributed by atoms with van der Waals surface area (Å²) in [4.78, 5) is 1.90. The predicted molar refractivity (Wildman–Crippen MR) is 94.6 cm³/mol. The van der Waals surface area contributed by atoms with Gasteiger partial charge in [-0.15, -0.1) is 0 Å². The minimum absolute atomic E-state index is 0.532. The van der Waals surface area contributed by atoms with Gasteiger partial charge in [0.15, 0.2) is 0 Å². The molecule has 2 aliphatic carbocycles. The second-order valence-electron chi connectivity index (χ2n) is 9.00. The number of piperidine rings is 1. The molecule has 2 nitrogen and oxygen atoms in total. The standard InChI is InChI=1S/C21H35NO/c1-16-9-10-18-12-20(16)21(23-15-18)19-8-5-11-22(14-19)13-17-6-3-2-4-7-17/h9,17-21H,2-8,10-15H2,1H3/p+1/t18-,19?,20+,21+/m0/s1. The van der Waals surface area contributed by atoms with Crippen LogP contribution in [0.25, 0.3) is 0 Å². The molecule has 4 aliphatic rings. The summed E-state index contributed by atoms with van der Waals surface area (Å²) in [6.07, 6.45) is 16.0. The third kappa shape index (κ3) is 3.69. The van der Waals surface area contributed by atoms with Crippen LogP contribution < -0.4 is 4.90 Å². The summed E-state index contributed by atoms with van der Waals surface area (Å²) in [5.41, 5.74) is 1.63. The fourth-order valence-electron chi connectivity index (χ4n) is 5.96. The van der Waals surface area contributed by atoms with E-state index in [9.17, 15) is 0 Å². The molecule has 2 saturated heterocycles. The first-order chi connectivity index (χ1) is 11.3. The maximum Gasteiger partial charge on any atom is 0.0825 e. The van der Waals surface area contributed by atoms with Crippen LogP contribution in [0.3, 0.4) is 0 Å². The third-order valence-electron chi connectivity index (χ3n) is 7.29. The lowest BCUT2D eigenvalue weighted by Gasteiger charge is -2.45. The summed E-state index contributed by atoms with van der Waals surface area (Å²) >= 11 is 0. The van der Waals surface area contributed by atoms with Gasteiger partial charge in [-0.1, -0.05) is 30.9 Å². The zero-order chi connectivity index (χ0) is 15.6. The fraction of sp³-hybridized carbons (Fsp3) is 0.905. The van der Waals surface area contributed by atoms with Crippen LogP contribution in [0.4, 0.5) is 0 Å². The number of rotatable bonds is 3. The molecular formula is C21H36NO+. The molecule has 0 radical (unpaired) electrons. The molecule has 0 aromatic heterocycles. The van der Waals surface area contributed by atoms with Crippen LogP contribution in [0, 0.1) is 23.7 Å². The van der Waals surface area contributed by atoms with Crippen LogP contribution in [-0.2, 0) is 4.74 Å². The van der Waals surface area contributed by atoms with Crippen LogP contribution in [0.5, 0.6) is 0 Å². The van der Waals surface area contributed by atoms with Crippen molar-refractivity contribution in [1.29, 1.82) is 0 Å². The number of fused-ring (bicyclic) bond motifs is 2. The van der Waals surface area contributed by atoms with Crippen molar-refractivity contribution in [3.05, 3.63) is 11.6 Å². The van der Waals surface area contributed by atoms with Gasteiger partial charge in [-0.25, -0.2) is 0 Å². The molecule has 1 N–H and O–H groups in total. The predicted octanol–water partition coefficient (Wildman–Crippen LogP) is 3.23. The van der Waals surface area contributed by atoms with Gasteiger partial charge in [0.1, 0.15) is 0 Å². The highest BCUT2D eigenvalue weighted by atomic mass is 16.5. The highest BCUT2D eigenvalue weighted by Gasteiger charge is 2.41. The Morgan fingerprint density at radius 1 is 1.13 bits per heavy atom. The molecule has 2 heterocycles. The lowest BCUT2D eigenvalue weighted by atomic mass is 9.72. The summed E-state index contributed by atoms with van der Waals surface area (Å²) in [5, 5.41) is 0. The van der Waals surface area contributed by atoms with Crippen LogP contribution in [0.15, 0.2) is 11.6 Å². The third-order valence-corrected chi connectivity index (χ3v) is 7.29. The van der Waals surface area contributed by atoms with E-state index in [0.717, 1.165) is 30.3 Å². The highest BCUT2D eigenvalue weighted by molar-refractivity contribution is 5.13. The number of ether oxygens (including phenoxy) is 1. The second-order valence-corrected chi connectivity index (χ2v) is 9.00. The van der Waals surface area contributed by atoms with E-state index in [0.29, 0.717) is 6.10 Å². The molecular weight excluding hydrogens is 282 g/mol. The molecule has 1 saturated carbocycles. The first-order valence-electron chi connectivity index (χ1n) is 10.4. The Bertz CT molecular complexity index is 426. The van der Waals surface area contributed by atoms with E-state index < -0.39 is 0 Å². The molecule has 2 heteroatoms. The van der Waals surface area contributed by atoms with Gasteiger partial charge in [-0.05, 0) is 51.4 Å². The van der Waals surface area contributed by atoms with Crippen molar-refractivity contribution in [3.8, 4) is 0 Å². The monoisotopic (exact) mass is 318 g/mol. The number of hydrogen-bond acceptors (Lipinski definition) is 1. The summed E-state index contributed by atoms with van der Waals surface area (Å²) in [7, 11) is 0. The van der Waals surface area contributed by atoms with Gasteiger partial charge in [0.2, 0.25) is 0 Å². The quantitative estimate of drug-likeness (QED) is 0.789. The van der Waals surface area contributed by atoms with Crippen molar-refractivity contribution in [1.82, 2.24) is 0 Å². The average Bonchev–Trinajstić information content (AvgIpc) is 2.60. The van der Waals surface area contributed by atoms with Crippen molar-refractivity contribution in [2.45, 2.75) is 70.8 Å². The van der Waals surface area contributed by atoms with Crippen molar-refractivity contribution >= 4 is 0 Å². The van der Waals surface area contributed by atoms with Crippen molar-refractivity contribution in [2.24, 2.45) is 23.7 Å². The summed E-state index contributed by atoms with van der Waals surface area (Å²) in [6, 6.07) is 0. The van der Waals surface area contributed by atoms with Gasteiger partial charge in [0.25, 0.3) is 0 Å². The maximum absolute atomic E-state index is 6.44. The summed E-state index contributed by atoms with van der Waals surface area (Å²) in [6.45, 7) is 7.64. The Kier molecular flexibility index (Phi) is 5.10. The Morgan fingerprint density at radius 2 is 2.00 bits per heavy atom. The minimum Gasteiger partial charge on any atom is -0.377 e. The normalized spacial score (nSPS) is 42.3. The zero-order valence-electron chi connectivity index (χ0n) is 15.1. The number of likely N-dealkylation sites (tertiary alicyclic amines) is 1. The smallest absolute Gasteiger partial charge is 0.0825 e. The molecule has 130 valence electrons. The molecule has 0 aromatic carbocycles. The van der Waals surface area contributed by atoms with Crippen LogP contribution >= 0.6 is 0 Å². The first-order valence-corrected chi connectivity index (χ1v) is 10.4. The number of nitrogens with one attached hydrogen (secondary N) is 1. The topological polar surface area (TPSA) is 13.7 Å². The largest absolute Gasteiger partial charge is 0.377 e. The summed E-state index contributed by atoms with van der Waals surface area (Å²) in [5.74, 6) is 3.39. The van der Waals surface area contributed by atoms with Crippen molar-refractivity contribution in [2.75, 3.05) is 26.2 Å². The van der Waals surface area contributed by atoms with Crippen molar-refractivity contribution in [3.63, 3.8) is 0 Å². The molecule has 2 aliphatic heterocycles. The van der Waals surface area contributed by atoms with Gasteiger partial charge < -0.3 is 9.64 Å². The van der Waals surface area contributed by atoms with E-state index in [1.807, 2.05) is 4.90 Å². The number of hydrogen-bond donors (Lipinski definition) is 1. The lowest BCUT2D eigenvalue weighted by molar-refractivity contribution is -0.913. The lowest BCUT2D eigenvalue weighted by Crippen LogP contribution is -3.14. The van der Waals surface area contributed by atoms with E-state index in [1.165, 1.54) is 77.4 Å². The molecule has 0 spiro atoms. The molecule has 23 heavy (non-hydrogen) atoms. The van der Waals surface area contributed by atoms with Gasteiger partial charge >= 0.3 is 0 Å². The van der Waals surface area contributed by atoms with Gasteiger partial charge in [-0.2, -0.15) is 0 Å². The molecule has 0 amide bonds. The van der Waals surface area contributed by atoms with Gasteiger partial charge in [0.05, 0.1) is 32.3 Å². The minimum atomic E-state index is 0.532. The van der Waals surface area contributed by atoms with Crippen LogP contribution in [0.2, 0.25) is 0 Å². The highest BCUT2D eigenvalue weighted by Crippen LogP contribution is 2.40. The Morgan fingerprint density at radius 3 is 2.87 bits per heavy atom. The summed E-state index contributed by atoms with van der Waals surface area (Å²) < 4.78 is 6.44. The van der Waals surface area contributed by atoms with Gasteiger partial charge in [-0.3, -0.25) is 0 Å².